The number of nitrogens with two attached hydrogens (primary N) is 1. The van der Waals surface area contributed by atoms with Gasteiger partial charge in [0.2, 0.25) is 0 Å². The molecule has 102 valence electrons. The van der Waals surface area contributed by atoms with Gasteiger partial charge in [-0.2, -0.15) is 5.26 Å². The number of imidazole rings is 1. The predicted octanol–water partition coefficient (Wildman–Crippen LogP) is 2.20. The van der Waals surface area contributed by atoms with Crippen molar-refractivity contribution in [1.82, 2.24) is 14.5 Å². The molecule has 2 heterocycles. The molecule has 0 fully saturated rings. The molecule has 0 saturated carbocycles. The number of anilines is 1. The Hall–Kier alpha value is -2.35. The van der Waals surface area contributed by atoms with Crippen LogP contribution in [0.2, 0.25) is 0 Å². The van der Waals surface area contributed by atoms with Gasteiger partial charge in [0.1, 0.15) is 23.3 Å². The minimum Gasteiger partial charge on any atom is -0.383 e. The molecule has 5 nitrogen and oxygen atoms in total. The molecule has 2 aromatic heterocycles. The Labute approximate surface area is 118 Å². The molecule has 0 aliphatic heterocycles. The predicted molar refractivity (Wildman–Crippen MR) is 76.8 cm³/mol. The van der Waals surface area contributed by atoms with Crippen LogP contribution in [0.15, 0.2) is 12.4 Å². The maximum absolute atomic E-state index is 9.45. The molecule has 0 amide bonds. The second-order valence-corrected chi connectivity index (χ2v) is 5.21. The second-order valence-electron chi connectivity index (χ2n) is 5.21. The Morgan fingerprint density at radius 3 is 2.80 bits per heavy atom. The van der Waals surface area contributed by atoms with Crippen molar-refractivity contribution < 1.29 is 0 Å². The molecule has 1 aliphatic carbocycles. The molecule has 20 heavy (non-hydrogen) atoms. The molecule has 0 atom stereocenters. The second kappa shape index (κ2) is 4.97. The van der Waals surface area contributed by atoms with Gasteiger partial charge in [0.15, 0.2) is 0 Å². The number of nitriles is 1. The van der Waals surface area contributed by atoms with E-state index in [-0.39, 0.29) is 0 Å². The third kappa shape index (κ3) is 1.94. The van der Waals surface area contributed by atoms with Crippen LogP contribution in [0.1, 0.15) is 36.1 Å². The van der Waals surface area contributed by atoms with E-state index < -0.39 is 0 Å². The van der Waals surface area contributed by atoms with Gasteiger partial charge in [-0.25, -0.2) is 9.97 Å². The number of aryl methyl sites for hydroxylation is 2. The summed E-state index contributed by atoms with van der Waals surface area (Å²) in [6.07, 6.45) is 8.96. The highest BCUT2D eigenvalue weighted by molar-refractivity contribution is 5.75. The van der Waals surface area contributed by atoms with Crippen molar-refractivity contribution in [2.45, 2.75) is 32.1 Å². The van der Waals surface area contributed by atoms with Crippen LogP contribution in [-0.2, 0) is 19.9 Å². The number of nitrogens with zero attached hydrogens (tertiary/aromatic N) is 4. The summed E-state index contributed by atoms with van der Waals surface area (Å²) in [7, 11) is 1.93. The van der Waals surface area contributed by atoms with Gasteiger partial charge in [0, 0.05) is 30.7 Å². The highest BCUT2D eigenvalue weighted by Crippen LogP contribution is 2.34. The third-order valence-corrected chi connectivity index (χ3v) is 3.91. The molecule has 3 rings (SSSR count). The largest absolute Gasteiger partial charge is 0.383 e. The highest BCUT2D eigenvalue weighted by Gasteiger charge is 2.23. The quantitative estimate of drug-likeness (QED) is 0.803. The highest BCUT2D eigenvalue weighted by atomic mass is 15.0. The van der Waals surface area contributed by atoms with E-state index in [2.05, 4.69) is 16.0 Å². The van der Waals surface area contributed by atoms with Crippen LogP contribution < -0.4 is 5.73 Å². The van der Waals surface area contributed by atoms with Gasteiger partial charge in [0.05, 0.1) is 0 Å². The van der Waals surface area contributed by atoms with Crippen molar-refractivity contribution >= 4 is 5.82 Å². The SMILES string of the molecule is Cn1ccnc1-c1c(C#N)c(N)nc2c1CCCCC2. The van der Waals surface area contributed by atoms with Crippen LogP contribution in [0.5, 0.6) is 0 Å². The summed E-state index contributed by atoms with van der Waals surface area (Å²) in [5.41, 5.74) is 9.52. The Morgan fingerprint density at radius 1 is 1.30 bits per heavy atom. The third-order valence-electron chi connectivity index (χ3n) is 3.91. The normalized spacial score (nSPS) is 14.4. The zero-order chi connectivity index (χ0) is 14.1. The standard InChI is InChI=1S/C15H17N5/c1-20-8-7-18-15(20)13-10-5-3-2-4-6-12(10)19-14(17)11(13)9-16/h7-8H,2-6H2,1H3,(H2,17,19). The molecule has 1 aliphatic rings. The molecule has 2 aromatic rings. The topological polar surface area (TPSA) is 80.5 Å². The molecule has 0 saturated heterocycles. The first-order valence-corrected chi connectivity index (χ1v) is 6.91. The lowest BCUT2D eigenvalue weighted by atomic mass is 9.96. The Morgan fingerprint density at radius 2 is 2.10 bits per heavy atom. The summed E-state index contributed by atoms with van der Waals surface area (Å²) >= 11 is 0. The fourth-order valence-electron chi connectivity index (χ4n) is 2.91. The molecule has 0 radical (unpaired) electrons. The van der Waals surface area contributed by atoms with E-state index >= 15 is 0 Å². The van der Waals surface area contributed by atoms with E-state index in [9.17, 15) is 5.26 Å². The Bertz CT molecular complexity index is 693. The van der Waals surface area contributed by atoms with E-state index in [0.717, 1.165) is 48.3 Å². The van der Waals surface area contributed by atoms with E-state index in [1.807, 2.05) is 17.8 Å². The van der Waals surface area contributed by atoms with E-state index in [1.165, 1.54) is 6.42 Å². The summed E-state index contributed by atoms with van der Waals surface area (Å²) in [6.45, 7) is 0. The average molecular weight is 267 g/mol. The first kappa shape index (κ1) is 12.7. The Balaban J connectivity index is 2.33. The van der Waals surface area contributed by atoms with Gasteiger partial charge >= 0.3 is 0 Å². The Kier molecular flexibility index (Phi) is 3.15. The molecule has 0 bridgehead atoms. The molecular weight excluding hydrogens is 250 g/mol. The summed E-state index contributed by atoms with van der Waals surface area (Å²) in [6, 6.07) is 2.21. The summed E-state index contributed by atoms with van der Waals surface area (Å²) in [4.78, 5) is 8.87. The number of fused-ring (bicyclic) bond motifs is 1. The summed E-state index contributed by atoms with van der Waals surface area (Å²) in [5.74, 6) is 1.12. The summed E-state index contributed by atoms with van der Waals surface area (Å²) in [5, 5.41) is 9.45. The van der Waals surface area contributed by atoms with Crippen LogP contribution in [0.25, 0.3) is 11.4 Å². The first-order valence-electron chi connectivity index (χ1n) is 6.91. The van der Waals surface area contributed by atoms with Crippen molar-refractivity contribution in [1.29, 1.82) is 5.26 Å². The lowest BCUT2D eigenvalue weighted by Crippen LogP contribution is -2.08. The zero-order valence-corrected chi connectivity index (χ0v) is 11.6. The number of rotatable bonds is 1. The minimum absolute atomic E-state index is 0.325. The molecule has 0 spiro atoms. The van der Waals surface area contributed by atoms with E-state index in [4.69, 9.17) is 5.73 Å². The molecular formula is C15H17N5. The van der Waals surface area contributed by atoms with Crippen molar-refractivity contribution in [3.63, 3.8) is 0 Å². The van der Waals surface area contributed by atoms with Gasteiger partial charge < -0.3 is 10.3 Å². The molecule has 2 N–H and O–H groups in total. The lowest BCUT2D eigenvalue weighted by Gasteiger charge is -2.15. The van der Waals surface area contributed by atoms with Gasteiger partial charge in [-0.3, -0.25) is 0 Å². The fraction of sp³-hybridized carbons (Fsp3) is 0.400. The maximum atomic E-state index is 9.45. The maximum Gasteiger partial charge on any atom is 0.142 e. The summed E-state index contributed by atoms with van der Waals surface area (Å²) < 4.78 is 1.93. The van der Waals surface area contributed by atoms with Crippen LogP contribution in [0, 0.1) is 11.3 Å². The number of nitrogen functional groups attached to an aromatic ring is 1. The molecule has 5 heteroatoms. The molecule has 0 unspecified atom stereocenters. The number of hydrogen-bond acceptors (Lipinski definition) is 4. The van der Waals surface area contributed by atoms with E-state index in [0.29, 0.717) is 11.4 Å². The van der Waals surface area contributed by atoms with Crippen molar-refractivity contribution in [3.8, 4) is 17.5 Å². The van der Waals surface area contributed by atoms with Gasteiger partial charge in [0.25, 0.3) is 0 Å². The van der Waals surface area contributed by atoms with Gasteiger partial charge in [-0.15, -0.1) is 0 Å². The van der Waals surface area contributed by atoms with Crippen LogP contribution in [-0.4, -0.2) is 14.5 Å². The van der Waals surface area contributed by atoms with Crippen molar-refractivity contribution in [2.24, 2.45) is 7.05 Å². The smallest absolute Gasteiger partial charge is 0.142 e. The first-order chi connectivity index (χ1) is 9.72. The van der Waals surface area contributed by atoms with Crippen molar-refractivity contribution in [3.05, 3.63) is 29.2 Å². The van der Waals surface area contributed by atoms with E-state index in [1.54, 1.807) is 6.20 Å². The van der Waals surface area contributed by atoms with Gasteiger partial charge in [-0.1, -0.05) is 6.42 Å². The minimum atomic E-state index is 0.325. The fourth-order valence-corrected chi connectivity index (χ4v) is 2.91. The number of pyridine rings is 1. The van der Waals surface area contributed by atoms with Crippen LogP contribution in [0.4, 0.5) is 5.82 Å². The van der Waals surface area contributed by atoms with Crippen LogP contribution >= 0.6 is 0 Å². The monoisotopic (exact) mass is 267 g/mol. The van der Waals surface area contributed by atoms with Gasteiger partial charge in [-0.05, 0) is 31.2 Å². The molecule has 0 aromatic carbocycles. The average Bonchev–Trinajstić information content (AvgIpc) is 2.71. The van der Waals surface area contributed by atoms with Crippen molar-refractivity contribution in [2.75, 3.05) is 5.73 Å². The number of aromatic nitrogens is 3. The zero-order valence-electron chi connectivity index (χ0n) is 11.6. The van der Waals surface area contributed by atoms with Crippen LogP contribution in [0.3, 0.4) is 0 Å². The number of hydrogen-bond donors (Lipinski definition) is 1. The lowest BCUT2D eigenvalue weighted by molar-refractivity contribution is 0.709.